The van der Waals surface area contributed by atoms with Crippen molar-refractivity contribution in [2.75, 3.05) is 13.1 Å². The Morgan fingerprint density at radius 3 is 2.95 bits per heavy atom. The number of fused-ring (bicyclic) bond motifs is 1. The van der Waals surface area contributed by atoms with Crippen molar-refractivity contribution >= 4 is 16.3 Å². The van der Waals surface area contributed by atoms with Gasteiger partial charge in [0.15, 0.2) is 4.96 Å². The molecule has 20 heavy (non-hydrogen) atoms. The summed E-state index contributed by atoms with van der Waals surface area (Å²) >= 11 is 1.73. The van der Waals surface area contributed by atoms with E-state index in [0.717, 1.165) is 24.5 Å². The van der Waals surface area contributed by atoms with Crippen LogP contribution in [-0.2, 0) is 6.42 Å². The number of aromatic nitrogens is 2. The zero-order valence-electron chi connectivity index (χ0n) is 12.4. The zero-order chi connectivity index (χ0) is 13.8. The molecule has 2 aromatic rings. The van der Waals surface area contributed by atoms with Gasteiger partial charge in [-0.25, -0.2) is 4.98 Å². The van der Waals surface area contributed by atoms with E-state index < -0.39 is 0 Å². The molecule has 1 aliphatic carbocycles. The largest absolute Gasteiger partial charge is 0.316 e. The number of rotatable bonds is 6. The molecule has 110 valence electrons. The van der Waals surface area contributed by atoms with Crippen molar-refractivity contribution < 1.29 is 0 Å². The van der Waals surface area contributed by atoms with Gasteiger partial charge in [0.25, 0.3) is 0 Å². The summed E-state index contributed by atoms with van der Waals surface area (Å²) in [6.07, 6.45) is 13.6. The number of nitrogens with zero attached hydrogens (tertiary/aromatic N) is 2. The highest BCUT2D eigenvalue weighted by molar-refractivity contribution is 7.15. The molecule has 0 spiro atoms. The molecule has 0 aromatic carbocycles. The fourth-order valence-corrected chi connectivity index (χ4v) is 4.21. The molecule has 3 nitrogen and oxygen atoms in total. The molecule has 4 heteroatoms. The molecule has 0 atom stereocenters. The highest BCUT2D eigenvalue weighted by Gasteiger charge is 2.32. The van der Waals surface area contributed by atoms with Crippen LogP contribution >= 0.6 is 11.3 Å². The Morgan fingerprint density at radius 1 is 1.35 bits per heavy atom. The quantitative estimate of drug-likeness (QED) is 0.818. The maximum atomic E-state index is 4.79. The summed E-state index contributed by atoms with van der Waals surface area (Å²) in [5.41, 5.74) is 1.72. The molecule has 1 N–H and O–H groups in total. The van der Waals surface area contributed by atoms with Gasteiger partial charge in [-0.1, -0.05) is 26.2 Å². The lowest BCUT2D eigenvalue weighted by Gasteiger charge is -2.37. The molecular formula is C16H25N3S. The second-order valence-electron chi connectivity index (χ2n) is 6.24. The van der Waals surface area contributed by atoms with Crippen LogP contribution in [0.25, 0.3) is 4.96 Å². The van der Waals surface area contributed by atoms with E-state index in [1.54, 1.807) is 11.3 Å². The van der Waals surface area contributed by atoms with Gasteiger partial charge in [-0.3, -0.25) is 4.40 Å². The van der Waals surface area contributed by atoms with Crippen LogP contribution < -0.4 is 5.32 Å². The maximum absolute atomic E-state index is 4.79. The molecule has 3 rings (SSSR count). The number of hydrogen-bond donors (Lipinski definition) is 1. The fraction of sp³-hybridized carbons (Fsp3) is 0.688. The van der Waals surface area contributed by atoms with Crippen molar-refractivity contribution in [2.24, 2.45) is 5.41 Å². The van der Waals surface area contributed by atoms with E-state index >= 15 is 0 Å². The van der Waals surface area contributed by atoms with Crippen LogP contribution in [0, 0.1) is 5.41 Å². The number of nitrogens with one attached hydrogen (secondary N) is 1. The average molecular weight is 291 g/mol. The highest BCUT2D eigenvalue weighted by Crippen LogP contribution is 2.38. The third-order valence-corrected chi connectivity index (χ3v) is 5.31. The van der Waals surface area contributed by atoms with Crippen LogP contribution in [0.5, 0.6) is 0 Å². The van der Waals surface area contributed by atoms with Crippen LogP contribution in [0.15, 0.2) is 17.8 Å². The molecule has 0 radical (unpaired) electrons. The molecule has 0 bridgehead atoms. The number of imidazole rings is 1. The van der Waals surface area contributed by atoms with Gasteiger partial charge in [-0.15, -0.1) is 11.3 Å². The van der Waals surface area contributed by atoms with E-state index in [1.165, 1.54) is 44.2 Å². The lowest BCUT2D eigenvalue weighted by atomic mass is 9.71. The van der Waals surface area contributed by atoms with E-state index in [9.17, 15) is 0 Å². The van der Waals surface area contributed by atoms with Crippen molar-refractivity contribution in [3.8, 4) is 0 Å². The third-order valence-electron chi connectivity index (χ3n) is 4.54. The molecule has 1 fully saturated rings. The Hall–Kier alpha value is -0.870. The van der Waals surface area contributed by atoms with Crippen molar-refractivity contribution in [1.82, 2.24) is 14.7 Å². The summed E-state index contributed by atoms with van der Waals surface area (Å²) < 4.78 is 2.16. The van der Waals surface area contributed by atoms with E-state index in [4.69, 9.17) is 4.98 Å². The summed E-state index contributed by atoms with van der Waals surface area (Å²) in [6, 6.07) is 0. The van der Waals surface area contributed by atoms with Gasteiger partial charge in [0.2, 0.25) is 0 Å². The van der Waals surface area contributed by atoms with Gasteiger partial charge in [-0.2, -0.15) is 0 Å². The average Bonchev–Trinajstić information content (AvgIpc) is 3.01. The highest BCUT2D eigenvalue weighted by atomic mass is 32.1. The van der Waals surface area contributed by atoms with Crippen LogP contribution in [-0.4, -0.2) is 22.5 Å². The topological polar surface area (TPSA) is 29.3 Å². The first-order valence-electron chi connectivity index (χ1n) is 7.93. The molecular weight excluding hydrogens is 266 g/mol. The standard InChI is InChI=1S/C16H25N3S/c1-2-8-17-13-16(6-4-3-5-7-16)11-14-12-19-9-10-20-15(19)18-14/h9-10,12,17H,2-8,11,13H2,1H3. The van der Waals surface area contributed by atoms with Crippen molar-refractivity contribution in [3.05, 3.63) is 23.5 Å². The molecule has 2 aromatic heterocycles. The Balaban J connectivity index is 1.72. The molecule has 2 heterocycles. The predicted molar refractivity (Wildman–Crippen MR) is 85.5 cm³/mol. The third kappa shape index (κ3) is 3.07. The first kappa shape index (κ1) is 14.1. The summed E-state index contributed by atoms with van der Waals surface area (Å²) in [5, 5.41) is 5.76. The van der Waals surface area contributed by atoms with Gasteiger partial charge in [0.05, 0.1) is 5.69 Å². The lowest BCUT2D eigenvalue weighted by Crippen LogP contribution is -2.38. The van der Waals surface area contributed by atoms with Gasteiger partial charge in [0.1, 0.15) is 0 Å². The minimum absolute atomic E-state index is 0.442. The second kappa shape index (κ2) is 6.27. The molecule has 1 aliphatic rings. The summed E-state index contributed by atoms with van der Waals surface area (Å²) in [4.78, 5) is 5.93. The maximum Gasteiger partial charge on any atom is 0.193 e. The van der Waals surface area contributed by atoms with E-state index in [0.29, 0.717) is 5.41 Å². The molecule has 1 saturated carbocycles. The molecule has 0 unspecified atom stereocenters. The first-order chi connectivity index (χ1) is 9.81. The number of hydrogen-bond acceptors (Lipinski definition) is 3. The summed E-state index contributed by atoms with van der Waals surface area (Å²) in [5.74, 6) is 0. The van der Waals surface area contributed by atoms with Crippen LogP contribution in [0.2, 0.25) is 0 Å². The van der Waals surface area contributed by atoms with E-state index in [2.05, 4.69) is 34.4 Å². The predicted octanol–water partition coefficient (Wildman–Crippen LogP) is 3.89. The monoisotopic (exact) mass is 291 g/mol. The van der Waals surface area contributed by atoms with Crippen molar-refractivity contribution in [2.45, 2.75) is 51.9 Å². The summed E-state index contributed by atoms with van der Waals surface area (Å²) in [7, 11) is 0. The Bertz CT molecular complexity index is 508. The first-order valence-corrected chi connectivity index (χ1v) is 8.81. The Morgan fingerprint density at radius 2 is 2.20 bits per heavy atom. The van der Waals surface area contributed by atoms with Gasteiger partial charge in [0, 0.05) is 24.3 Å². The van der Waals surface area contributed by atoms with Crippen molar-refractivity contribution in [3.63, 3.8) is 0 Å². The van der Waals surface area contributed by atoms with E-state index in [-0.39, 0.29) is 0 Å². The van der Waals surface area contributed by atoms with Crippen LogP contribution in [0.1, 0.15) is 51.1 Å². The second-order valence-corrected chi connectivity index (χ2v) is 7.11. The van der Waals surface area contributed by atoms with Gasteiger partial charge < -0.3 is 5.32 Å². The Labute approximate surface area is 125 Å². The normalized spacial score (nSPS) is 18.6. The molecule has 0 saturated heterocycles. The SMILES string of the molecule is CCCNCC1(Cc2cn3ccsc3n2)CCCCC1. The minimum Gasteiger partial charge on any atom is -0.316 e. The molecule has 0 aliphatic heterocycles. The number of thiazole rings is 1. The minimum atomic E-state index is 0.442. The summed E-state index contributed by atoms with van der Waals surface area (Å²) in [6.45, 7) is 4.54. The van der Waals surface area contributed by atoms with Crippen molar-refractivity contribution in [1.29, 1.82) is 0 Å². The smallest absolute Gasteiger partial charge is 0.193 e. The van der Waals surface area contributed by atoms with Crippen LogP contribution in [0.3, 0.4) is 0 Å². The van der Waals surface area contributed by atoms with E-state index in [1.807, 2.05) is 0 Å². The Kier molecular flexibility index (Phi) is 4.41. The van der Waals surface area contributed by atoms with Crippen LogP contribution in [0.4, 0.5) is 0 Å². The lowest BCUT2D eigenvalue weighted by molar-refractivity contribution is 0.179. The fourth-order valence-electron chi connectivity index (χ4n) is 3.49. The van der Waals surface area contributed by atoms with Gasteiger partial charge in [-0.05, 0) is 37.6 Å². The van der Waals surface area contributed by atoms with Gasteiger partial charge >= 0.3 is 0 Å². The zero-order valence-corrected chi connectivity index (χ0v) is 13.2. The molecule has 0 amide bonds.